The van der Waals surface area contributed by atoms with Gasteiger partial charge >= 0.3 is 0 Å². The number of halogens is 3. The van der Waals surface area contributed by atoms with Crippen molar-refractivity contribution in [2.45, 2.75) is 31.2 Å². The van der Waals surface area contributed by atoms with Crippen molar-refractivity contribution in [2.75, 3.05) is 0 Å². The van der Waals surface area contributed by atoms with E-state index >= 15 is 0 Å². The summed E-state index contributed by atoms with van der Waals surface area (Å²) in [5.74, 6) is -3.44. The number of benzene rings is 1. The maximum absolute atomic E-state index is 14.8. The molecule has 5 rings (SSSR count). The van der Waals surface area contributed by atoms with Crippen LogP contribution >= 0.6 is 11.6 Å². The lowest BCUT2D eigenvalue weighted by molar-refractivity contribution is -0.102. The van der Waals surface area contributed by atoms with Crippen LogP contribution in [-0.4, -0.2) is 29.2 Å². The van der Waals surface area contributed by atoms with Crippen molar-refractivity contribution in [1.29, 1.82) is 0 Å². The van der Waals surface area contributed by atoms with E-state index in [1.165, 1.54) is 35.4 Å². The molecular weight excluding hydrogens is 430 g/mol. The Kier molecular flexibility index (Phi) is 4.62. The molecule has 31 heavy (non-hydrogen) atoms. The summed E-state index contributed by atoms with van der Waals surface area (Å²) in [6.07, 6.45) is 3.36. The first-order valence-corrected chi connectivity index (χ1v) is 10.0. The third-order valence-corrected chi connectivity index (χ3v) is 5.95. The molecule has 160 valence electrons. The van der Waals surface area contributed by atoms with E-state index in [4.69, 9.17) is 16.1 Å². The summed E-state index contributed by atoms with van der Waals surface area (Å²) in [4.78, 5) is 25.1. The number of rotatable bonds is 5. The molecule has 0 amide bonds. The maximum atomic E-state index is 14.8. The van der Waals surface area contributed by atoms with E-state index in [0.29, 0.717) is 17.0 Å². The van der Waals surface area contributed by atoms with Crippen LogP contribution in [0.25, 0.3) is 11.2 Å². The van der Waals surface area contributed by atoms with E-state index in [1.54, 1.807) is 17.7 Å². The van der Waals surface area contributed by atoms with Crippen molar-refractivity contribution in [3.05, 3.63) is 69.6 Å². The zero-order chi connectivity index (χ0) is 21.8. The standard InChI is InChI=1S/C20H17ClF2N6O2/c1-28-9-24-18-16(28)19(30)29(10-25-18)8-15-26-17(27-31-15)11-5-13(6-11)20(22,23)12-3-2-4-14(21)7-12/h2-4,7,9-11,13H,5-6,8H2,1H3/t11-,13-. The van der Waals surface area contributed by atoms with E-state index in [-0.39, 0.29) is 47.3 Å². The molecule has 0 saturated heterocycles. The number of imidazole rings is 1. The lowest BCUT2D eigenvalue weighted by atomic mass is 9.70. The van der Waals surface area contributed by atoms with Gasteiger partial charge in [-0.2, -0.15) is 4.98 Å². The fourth-order valence-electron chi connectivity index (χ4n) is 3.88. The van der Waals surface area contributed by atoms with Gasteiger partial charge in [-0.25, -0.2) is 18.7 Å². The molecule has 1 aliphatic carbocycles. The zero-order valence-electron chi connectivity index (χ0n) is 16.4. The van der Waals surface area contributed by atoms with Gasteiger partial charge in [0.05, 0.1) is 6.33 Å². The van der Waals surface area contributed by atoms with Crippen LogP contribution in [0, 0.1) is 5.92 Å². The Balaban J connectivity index is 1.29. The minimum Gasteiger partial charge on any atom is -0.337 e. The van der Waals surface area contributed by atoms with Crippen LogP contribution in [-0.2, 0) is 19.5 Å². The predicted octanol–water partition coefficient (Wildman–Crippen LogP) is 3.50. The van der Waals surface area contributed by atoms with E-state index < -0.39 is 11.8 Å². The summed E-state index contributed by atoms with van der Waals surface area (Å²) in [5.41, 5.74) is 0.354. The number of aryl methyl sites for hydroxylation is 1. The van der Waals surface area contributed by atoms with Gasteiger partial charge in [-0.1, -0.05) is 28.9 Å². The highest BCUT2D eigenvalue weighted by molar-refractivity contribution is 6.30. The van der Waals surface area contributed by atoms with E-state index in [1.807, 2.05) is 0 Å². The van der Waals surface area contributed by atoms with Gasteiger partial charge in [0.25, 0.3) is 11.5 Å². The Bertz CT molecular complexity index is 1320. The summed E-state index contributed by atoms with van der Waals surface area (Å²) in [5, 5.41) is 4.21. The number of fused-ring (bicyclic) bond motifs is 1. The highest BCUT2D eigenvalue weighted by Gasteiger charge is 2.50. The average Bonchev–Trinajstić information content (AvgIpc) is 3.30. The van der Waals surface area contributed by atoms with Gasteiger partial charge < -0.3 is 9.09 Å². The Morgan fingerprint density at radius 3 is 2.81 bits per heavy atom. The molecule has 8 nitrogen and oxygen atoms in total. The quantitative estimate of drug-likeness (QED) is 0.466. The molecule has 1 fully saturated rings. The van der Waals surface area contributed by atoms with Gasteiger partial charge in [0.2, 0.25) is 5.89 Å². The lowest BCUT2D eigenvalue weighted by Gasteiger charge is -2.38. The zero-order valence-corrected chi connectivity index (χ0v) is 17.1. The normalized spacial score (nSPS) is 19.0. The van der Waals surface area contributed by atoms with Gasteiger partial charge in [-0.3, -0.25) is 9.36 Å². The maximum Gasteiger partial charge on any atom is 0.280 e. The molecule has 1 saturated carbocycles. The van der Waals surface area contributed by atoms with Gasteiger partial charge in [0.15, 0.2) is 17.0 Å². The van der Waals surface area contributed by atoms with Crippen molar-refractivity contribution in [1.82, 2.24) is 29.2 Å². The molecule has 0 spiro atoms. The van der Waals surface area contributed by atoms with Crippen LogP contribution < -0.4 is 5.56 Å². The molecule has 1 aromatic carbocycles. The summed E-state index contributed by atoms with van der Waals surface area (Å²) in [6.45, 7) is 0.0365. The van der Waals surface area contributed by atoms with E-state index in [2.05, 4.69) is 20.1 Å². The first-order valence-electron chi connectivity index (χ1n) is 9.65. The largest absolute Gasteiger partial charge is 0.337 e. The van der Waals surface area contributed by atoms with Crippen molar-refractivity contribution in [3.63, 3.8) is 0 Å². The van der Waals surface area contributed by atoms with Gasteiger partial charge in [-0.15, -0.1) is 0 Å². The van der Waals surface area contributed by atoms with Crippen LogP contribution in [0.1, 0.15) is 36.0 Å². The molecule has 0 radical (unpaired) electrons. The molecule has 1 aliphatic rings. The topological polar surface area (TPSA) is 91.6 Å². The van der Waals surface area contributed by atoms with E-state index in [0.717, 1.165) is 0 Å². The third kappa shape index (κ3) is 3.40. The molecular formula is C20H17ClF2N6O2. The van der Waals surface area contributed by atoms with Crippen LogP contribution in [0.3, 0.4) is 0 Å². The number of aromatic nitrogens is 6. The van der Waals surface area contributed by atoms with E-state index in [9.17, 15) is 13.6 Å². The van der Waals surface area contributed by atoms with Crippen molar-refractivity contribution in [3.8, 4) is 0 Å². The highest BCUT2D eigenvalue weighted by Crippen LogP contribution is 2.52. The SMILES string of the molecule is Cn1cnc2ncn(Cc3nc([C@H]4C[C@H](C(F)(F)c5cccc(Cl)c5)C4)no3)c(=O)c21. The second kappa shape index (κ2) is 7.23. The first-order chi connectivity index (χ1) is 14.8. The summed E-state index contributed by atoms with van der Waals surface area (Å²) in [6, 6.07) is 5.77. The van der Waals surface area contributed by atoms with Crippen LogP contribution in [0.2, 0.25) is 5.02 Å². The molecule has 0 N–H and O–H groups in total. The van der Waals surface area contributed by atoms with Crippen LogP contribution in [0.4, 0.5) is 8.78 Å². The van der Waals surface area contributed by atoms with Crippen molar-refractivity contribution in [2.24, 2.45) is 13.0 Å². The number of alkyl halides is 2. The minimum atomic E-state index is -2.98. The summed E-state index contributed by atoms with van der Waals surface area (Å²) in [7, 11) is 1.71. The minimum absolute atomic E-state index is 0.0365. The smallest absolute Gasteiger partial charge is 0.280 e. The number of nitrogens with zero attached hydrogens (tertiary/aromatic N) is 6. The molecule has 4 aromatic rings. The van der Waals surface area contributed by atoms with Crippen molar-refractivity contribution >= 4 is 22.8 Å². The Morgan fingerprint density at radius 2 is 2.03 bits per heavy atom. The summed E-state index contributed by atoms with van der Waals surface area (Å²) >= 11 is 5.86. The molecule has 3 heterocycles. The van der Waals surface area contributed by atoms with Gasteiger partial charge in [0.1, 0.15) is 12.9 Å². The molecule has 3 aromatic heterocycles. The fourth-order valence-corrected chi connectivity index (χ4v) is 4.07. The van der Waals surface area contributed by atoms with Gasteiger partial charge in [-0.05, 0) is 25.0 Å². The Labute approximate surface area is 179 Å². The molecule has 11 heteroatoms. The van der Waals surface area contributed by atoms with Crippen molar-refractivity contribution < 1.29 is 13.3 Å². The monoisotopic (exact) mass is 446 g/mol. The number of hydrogen-bond acceptors (Lipinski definition) is 6. The Morgan fingerprint density at radius 1 is 1.26 bits per heavy atom. The summed E-state index contributed by atoms with van der Waals surface area (Å²) < 4.78 is 37.7. The highest BCUT2D eigenvalue weighted by atomic mass is 35.5. The average molecular weight is 447 g/mol. The molecule has 0 unspecified atom stereocenters. The predicted molar refractivity (Wildman–Crippen MR) is 107 cm³/mol. The first kappa shape index (κ1) is 19.8. The molecule has 0 bridgehead atoms. The second-order valence-electron chi connectivity index (χ2n) is 7.75. The molecule has 0 aliphatic heterocycles. The van der Waals surface area contributed by atoms with Crippen LogP contribution in [0.15, 0.2) is 46.2 Å². The van der Waals surface area contributed by atoms with Gasteiger partial charge in [0, 0.05) is 29.5 Å². The second-order valence-corrected chi connectivity index (χ2v) is 8.19. The third-order valence-electron chi connectivity index (χ3n) is 5.72. The van der Waals surface area contributed by atoms with Crippen LogP contribution in [0.5, 0.6) is 0 Å². The molecule has 0 atom stereocenters. The fraction of sp³-hybridized carbons (Fsp3) is 0.350. The Hall–Kier alpha value is -3.14. The number of hydrogen-bond donors (Lipinski definition) is 0. The lowest BCUT2D eigenvalue weighted by Crippen LogP contribution is -2.36.